The van der Waals surface area contributed by atoms with Gasteiger partial charge < -0.3 is 0 Å². The lowest BCUT2D eigenvalue weighted by Gasteiger charge is -2.39. The van der Waals surface area contributed by atoms with Gasteiger partial charge in [0.1, 0.15) is 6.29 Å². The van der Waals surface area contributed by atoms with Crippen molar-refractivity contribution in [3.8, 4) is 0 Å². The molecule has 0 spiro atoms. The maximum Gasteiger partial charge on any atom is 0.145 e. The van der Waals surface area contributed by atoms with E-state index in [4.69, 9.17) is 0 Å². The lowest BCUT2D eigenvalue weighted by atomic mass is 9.65. The summed E-state index contributed by atoms with van der Waals surface area (Å²) in [5.41, 5.74) is 2.89. The van der Waals surface area contributed by atoms with Gasteiger partial charge in [-0.25, -0.2) is 0 Å². The van der Waals surface area contributed by atoms with E-state index < -0.39 is 0 Å². The van der Waals surface area contributed by atoms with Gasteiger partial charge in [0, 0.05) is 0 Å². The molecule has 0 aromatic heterocycles. The zero-order valence-corrected chi connectivity index (χ0v) is 14.5. The molecule has 118 valence electrons. The molecule has 0 radical (unpaired) electrons. The molecule has 2 aliphatic rings. The number of aldehydes is 1. The maximum absolute atomic E-state index is 11.3. The number of allylic oxidation sites excluding steroid dienone is 4. The van der Waals surface area contributed by atoms with Crippen molar-refractivity contribution in [2.24, 2.45) is 29.1 Å². The highest BCUT2D eigenvalue weighted by Crippen LogP contribution is 2.57. The van der Waals surface area contributed by atoms with Crippen LogP contribution >= 0.6 is 0 Å². The van der Waals surface area contributed by atoms with Gasteiger partial charge in [-0.2, -0.15) is 0 Å². The molecule has 1 fully saturated rings. The van der Waals surface area contributed by atoms with E-state index in [2.05, 4.69) is 46.8 Å². The summed E-state index contributed by atoms with van der Waals surface area (Å²) in [6, 6.07) is 0. The minimum absolute atomic E-state index is 0.277. The van der Waals surface area contributed by atoms with E-state index in [-0.39, 0.29) is 5.41 Å². The Hall–Kier alpha value is -0.850. The van der Waals surface area contributed by atoms with Crippen molar-refractivity contribution >= 4 is 6.29 Å². The highest BCUT2D eigenvalue weighted by Gasteiger charge is 2.46. The molecule has 0 saturated heterocycles. The Morgan fingerprint density at radius 1 is 1.14 bits per heavy atom. The summed E-state index contributed by atoms with van der Waals surface area (Å²) >= 11 is 0. The van der Waals surface area contributed by atoms with Crippen molar-refractivity contribution in [3.63, 3.8) is 0 Å². The summed E-state index contributed by atoms with van der Waals surface area (Å²) in [6.07, 6.45) is 11.8. The summed E-state index contributed by atoms with van der Waals surface area (Å²) in [6.45, 7) is 11.7. The number of fused-ring (bicyclic) bond motifs is 1. The Morgan fingerprint density at radius 2 is 1.86 bits per heavy atom. The zero-order valence-electron chi connectivity index (χ0n) is 14.5. The topological polar surface area (TPSA) is 17.1 Å². The summed E-state index contributed by atoms with van der Waals surface area (Å²) < 4.78 is 0. The van der Waals surface area contributed by atoms with Crippen molar-refractivity contribution < 1.29 is 4.79 Å². The maximum atomic E-state index is 11.3. The van der Waals surface area contributed by atoms with Gasteiger partial charge in [0.15, 0.2) is 0 Å². The zero-order chi connectivity index (χ0) is 15.6. The third-order valence-corrected chi connectivity index (χ3v) is 6.29. The average molecular weight is 288 g/mol. The van der Waals surface area contributed by atoms with Gasteiger partial charge in [-0.05, 0) is 66.8 Å². The van der Waals surface area contributed by atoms with Crippen LogP contribution in [0.15, 0.2) is 23.3 Å². The van der Waals surface area contributed by atoms with E-state index in [0.717, 1.165) is 24.7 Å². The SMILES string of the molecule is CC(C)[C@@H](C)/C=C/[C@@H](C)[C@H]1CCC2=C(C=O)CCC[C@@]21C. The minimum Gasteiger partial charge on any atom is -0.298 e. The van der Waals surface area contributed by atoms with Crippen LogP contribution < -0.4 is 0 Å². The van der Waals surface area contributed by atoms with Gasteiger partial charge in [-0.15, -0.1) is 0 Å². The quantitative estimate of drug-likeness (QED) is 0.477. The van der Waals surface area contributed by atoms with E-state index in [1.807, 2.05) is 0 Å². The minimum atomic E-state index is 0.277. The molecular formula is C20H32O. The molecule has 4 atom stereocenters. The first kappa shape index (κ1) is 16.5. The van der Waals surface area contributed by atoms with Crippen LogP contribution in [0, 0.1) is 29.1 Å². The molecule has 0 N–H and O–H groups in total. The third-order valence-electron chi connectivity index (χ3n) is 6.29. The molecule has 1 nitrogen and oxygen atoms in total. The molecule has 2 aliphatic carbocycles. The summed E-state index contributed by atoms with van der Waals surface area (Å²) in [5.74, 6) is 2.67. The molecule has 2 rings (SSSR count). The normalized spacial score (nSPS) is 32.6. The van der Waals surface area contributed by atoms with Crippen LogP contribution in [0.4, 0.5) is 0 Å². The first-order chi connectivity index (χ1) is 9.90. The Balaban J connectivity index is 2.16. The molecule has 1 saturated carbocycles. The van der Waals surface area contributed by atoms with Gasteiger partial charge in [0.25, 0.3) is 0 Å². The van der Waals surface area contributed by atoms with Crippen molar-refractivity contribution in [2.45, 2.75) is 66.7 Å². The molecule has 21 heavy (non-hydrogen) atoms. The number of carbonyl (C=O) groups excluding carboxylic acids is 1. The van der Waals surface area contributed by atoms with Gasteiger partial charge >= 0.3 is 0 Å². The van der Waals surface area contributed by atoms with E-state index in [0.29, 0.717) is 23.7 Å². The lowest BCUT2D eigenvalue weighted by molar-refractivity contribution is -0.105. The Labute approximate surface area is 130 Å². The van der Waals surface area contributed by atoms with E-state index in [1.165, 1.54) is 24.8 Å². The molecule has 0 aromatic carbocycles. The average Bonchev–Trinajstić information content (AvgIpc) is 2.81. The van der Waals surface area contributed by atoms with Crippen molar-refractivity contribution in [1.29, 1.82) is 0 Å². The summed E-state index contributed by atoms with van der Waals surface area (Å²) in [7, 11) is 0. The predicted molar refractivity (Wildman–Crippen MR) is 90.1 cm³/mol. The monoisotopic (exact) mass is 288 g/mol. The van der Waals surface area contributed by atoms with E-state index in [1.54, 1.807) is 0 Å². The number of hydrogen-bond donors (Lipinski definition) is 0. The number of hydrogen-bond acceptors (Lipinski definition) is 1. The molecule has 0 unspecified atom stereocenters. The first-order valence-electron chi connectivity index (χ1n) is 8.76. The number of rotatable bonds is 5. The predicted octanol–water partition coefficient (Wildman–Crippen LogP) is 5.57. The van der Waals surface area contributed by atoms with E-state index in [9.17, 15) is 4.79 Å². The standard InChI is InChI=1S/C20H32O/c1-14(2)15(3)8-9-16(4)18-10-11-19-17(13-21)7-6-12-20(18,19)5/h8-9,13-16,18H,6-7,10-12H2,1-5H3/b9-8+/t15-,16+,18+,20+/m0/s1. The second-order valence-corrected chi connectivity index (χ2v) is 7.88. The van der Waals surface area contributed by atoms with Crippen LogP contribution in [-0.4, -0.2) is 6.29 Å². The number of carbonyl (C=O) groups is 1. The van der Waals surface area contributed by atoms with Crippen LogP contribution in [-0.2, 0) is 4.79 Å². The fraction of sp³-hybridized carbons (Fsp3) is 0.750. The molecule has 1 heteroatoms. The summed E-state index contributed by atoms with van der Waals surface area (Å²) in [4.78, 5) is 11.3. The largest absolute Gasteiger partial charge is 0.298 e. The van der Waals surface area contributed by atoms with Crippen molar-refractivity contribution in [2.75, 3.05) is 0 Å². The molecular weight excluding hydrogens is 256 g/mol. The van der Waals surface area contributed by atoms with Gasteiger partial charge in [0.2, 0.25) is 0 Å². The fourth-order valence-electron chi connectivity index (χ4n) is 4.47. The fourth-order valence-corrected chi connectivity index (χ4v) is 4.47. The van der Waals surface area contributed by atoms with Crippen LogP contribution in [0.25, 0.3) is 0 Å². The Kier molecular flexibility index (Phi) is 5.11. The highest BCUT2D eigenvalue weighted by molar-refractivity contribution is 5.75. The van der Waals surface area contributed by atoms with Crippen molar-refractivity contribution in [1.82, 2.24) is 0 Å². The molecule has 0 aromatic rings. The van der Waals surface area contributed by atoms with Gasteiger partial charge in [-0.3, -0.25) is 4.79 Å². The molecule has 0 heterocycles. The van der Waals surface area contributed by atoms with Crippen molar-refractivity contribution in [3.05, 3.63) is 23.3 Å². The Morgan fingerprint density at radius 3 is 2.48 bits per heavy atom. The Bertz CT molecular complexity index is 443. The molecule has 0 amide bonds. The van der Waals surface area contributed by atoms with Gasteiger partial charge in [-0.1, -0.05) is 52.3 Å². The molecule has 0 bridgehead atoms. The van der Waals surface area contributed by atoms with Crippen LogP contribution in [0.1, 0.15) is 66.7 Å². The third kappa shape index (κ3) is 3.17. The van der Waals surface area contributed by atoms with Crippen LogP contribution in [0.5, 0.6) is 0 Å². The highest BCUT2D eigenvalue weighted by atomic mass is 16.1. The van der Waals surface area contributed by atoms with E-state index >= 15 is 0 Å². The van der Waals surface area contributed by atoms with Crippen LogP contribution in [0.2, 0.25) is 0 Å². The second kappa shape index (κ2) is 6.50. The smallest absolute Gasteiger partial charge is 0.145 e. The van der Waals surface area contributed by atoms with Gasteiger partial charge in [0.05, 0.1) is 0 Å². The molecule has 0 aliphatic heterocycles. The second-order valence-electron chi connectivity index (χ2n) is 7.88. The lowest BCUT2D eigenvalue weighted by Crippen LogP contribution is -2.30. The summed E-state index contributed by atoms with van der Waals surface area (Å²) in [5, 5.41) is 0. The van der Waals surface area contributed by atoms with Crippen LogP contribution in [0.3, 0.4) is 0 Å². The first-order valence-corrected chi connectivity index (χ1v) is 8.76.